The minimum Gasteiger partial charge on any atom is -0.467 e. The highest BCUT2D eigenvalue weighted by Gasteiger charge is 2.36. The molecule has 1 atom stereocenters. The number of nitrogens with one attached hydrogen (secondary N) is 1. The maximum atomic E-state index is 12.0. The second-order valence-electron chi connectivity index (χ2n) is 4.36. The van der Waals surface area contributed by atoms with Crippen LogP contribution in [-0.4, -0.2) is 19.6 Å². The Morgan fingerprint density at radius 3 is 2.59 bits per heavy atom. The Kier molecular flexibility index (Phi) is 4.70. The number of carbonyl (C=O) groups is 1. The first-order valence-electron chi connectivity index (χ1n) is 5.95. The zero-order chi connectivity index (χ0) is 12.9. The summed E-state index contributed by atoms with van der Waals surface area (Å²) in [5, 5.41) is 3.28. The number of hydrogen-bond acceptors (Lipinski definition) is 3. The van der Waals surface area contributed by atoms with Crippen LogP contribution in [0.15, 0.2) is 24.3 Å². The third-order valence-electron chi connectivity index (χ3n) is 3.01. The molecule has 0 aliphatic heterocycles. The molecule has 0 spiro atoms. The highest BCUT2D eigenvalue weighted by Crippen LogP contribution is 2.25. The predicted molar refractivity (Wildman–Crippen MR) is 68.8 cm³/mol. The quantitative estimate of drug-likeness (QED) is 0.796. The van der Waals surface area contributed by atoms with Crippen molar-refractivity contribution in [1.29, 1.82) is 0 Å². The van der Waals surface area contributed by atoms with E-state index in [0.717, 1.165) is 24.1 Å². The Labute approximate surface area is 103 Å². The van der Waals surface area contributed by atoms with Gasteiger partial charge in [0.05, 0.1) is 7.11 Å². The fraction of sp³-hybridized carbons (Fsp3) is 0.500. The molecular weight excluding hydrogens is 214 g/mol. The number of hydrogen-bond donors (Lipinski definition) is 1. The van der Waals surface area contributed by atoms with E-state index in [9.17, 15) is 4.79 Å². The van der Waals surface area contributed by atoms with Gasteiger partial charge in [-0.3, -0.25) is 5.32 Å². The lowest BCUT2D eigenvalue weighted by Crippen LogP contribution is -2.48. The SMILES string of the molecule is CCCNC(C)(C(=O)OC)c1ccccc1C. The summed E-state index contributed by atoms with van der Waals surface area (Å²) in [6.45, 7) is 6.73. The van der Waals surface area contributed by atoms with Gasteiger partial charge in [-0.1, -0.05) is 31.2 Å². The van der Waals surface area contributed by atoms with Crippen molar-refractivity contribution in [3.63, 3.8) is 0 Å². The number of methoxy groups -OCH3 is 1. The van der Waals surface area contributed by atoms with Crippen LogP contribution in [-0.2, 0) is 15.1 Å². The van der Waals surface area contributed by atoms with Crippen LogP contribution < -0.4 is 5.32 Å². The Hall–Kier alpha value is -1.35. The number of esters is 1. The highest BCUT2D eigenvalue weighted by atomic mass is 16.5. The number of benzene rings is 1. The van der Waals surface area contributed by atoms with Crippen LogP contribution in [0.1, 0.15) is 31.4 Å². The smallest absolute Gasteiger partial charge is 0.330 e. The first-order valence-corrected chi connectivity index (χ1v) is 5.95. The zero-order valence-electron chi connectivity index (χ0n) is 11.0. The summed E-state index contributed by atoms with van der Waals surface area (Å²) in [5.74, 6) is -0.250. The molecule has 1 unspecified atom stereocenters. The van der Waals surface area contributed by atoms with Crippen LogP contribution in [0, 0.1) is 6.92 Å². The van der Waals surface area contributed by atoms with Crippen molar-refractivity contribution < 1.29 is 9.53 Å². The molecule has 1 rings (SSSR count). The normalized spacial score (nSPS) is 14.1. The summed E-state index contributed by atoms with van der Waals surface area (Å²) >= 11 is 0. The van der Waals surface area contributed by atoms with E-state index in [1.807, 2.05) is 38.1 Å². The van der Waals surface area contributed by atoms with Gasteiger partial charge in [0.2, 0.25) is 0 Å². The van der Waals surface area contributed by atoms with Crippen LogP contribution >= 0.6 is 0 Å². The Morgan fingerprint density at radius 2 is 2.06 bits per heavy atom. The highest BCUT2D eigenvalue weighted by molar-refractivity contribution is 5.82. The lowest BCUT2D eigenvalue weighted by Gasteiger charge is -2.29. The van der Waals surface area contributed by atoms with Gasteiger partial charge >= 0.3 is 5.97 Å². The third-order valence-corrected chi connectivity index (χ3v) is 3.01. The van der Waals surface area contributed by atoms with Crippen molar-refractivity contribution >= 4 is 5.97 Å². The Bertz CT molecular complexity index is 390. The molecule has 0 amide bonds. The molecule has 0 heterocycles. The minimum atomic E-state index is -0.768. The Balaban J connectivity index is 3.14. The maximum absolute atomic E-state index is 12.0. The summed E-state index contributed by atoms with van der Waals surface area (Å²) in [6.07, 6.45) is 0.971. The van der Waals surface area contributed by atoms with Gasteiger partial charge in [0.25, 0.3) is 0 Å². The number of rotatable bonds is 5. The molecule has 0 saturated heterocycles. The second kappa shape index (κ2) is 5.82. The molecule has 1 aromatic carbocycles. The molecule has 0 aliphatic rings. The minimum absolute atomic E-state index is 0.250. The summed E-state index contributed by atoms with van der Waals surface area (Å²) in [4.78, 5) is 12.0. The van der Waals surface area contributed by atoms with E-state index in [2.05, 4.69) is 12.2 Å². The molecule has 94 valence electrons. The van der Waals surface area contributed by atoms with Gasteiger partial charge in [-0.15, -0.1) is 0 Å². The van der Waals surface area contributed by atoms with Crippen molar-refractivity contribution in [2.45, 2.75) is 32.7 Å². The summed E-state index contributed by atoms with van der Waals surface area (Å²) in [7, 11) is 1.42. The molecule has 0 fully saturated rings. The van der Waals surface area contributed by atoms with E-state index in [1.165, 1.54) is 7.11 Å². The van der Waals surface area contributed by atoms with Crippen molar-refractivity contribution in [3.05, 3.63) is 35.4 Å². The third kappa shape index (κ3) is 2.86. The van der Waals surface area contributed by atoms with E-state index in [1.54, 1.807) is 0 Å². The van der Waals surface area contributed by atoms with Gasteiger partial charge in [-0.25, -0.2) is 4.79 Å². The molecule has 3 heteroatoms. The van der Waals surface area contributed by atoms with Gasteiger partial charge in [-0.05, 0) is 37.9 Å². The van der Waals surface area contributed by atoms with Crippen LogP contribution in [0.3, 0.4) is 0 Å². The van der Waals surface area contributed by atoms with E-state index >= 15 is 0 Å². The largest absolute Gasteiger partial charge is 0.467 e. The molecule has 3 nitrogen and oxygen atoms in total. The zero-order valence-corrected chi connectivity index (χ0v) is 11.0. The lowest BCUT2D eigenvalue weighted by molar-refractivity contribution is -0.148. The fourth-order valence-electron chi connectivity index (χ4n) is 1.99. The van der Waals surface area contributed by atoms with Gasteiger partial charge in [0.15, 0.2) is 0 Å². The summed E-state index contributed by atoms with van der Waals surface area (Å²) in [5.41, 5.74) is 1.29. The van der Waals surface area contributed by atoms with Crippen molar-refractivity contribution in [2.75, 3.05) is 13.7 Å². The number of carbonyl (C=O) groups excluding carboxylic acids is 1. The summed E-state index contributed by atoms with van der Waals surface area (Å²) in [6, 6.07) is 7.88. The monoisotopic (exact) mass is 235 g/mol. The molecule has 1 N–H and O–H groups in total. The first kappa shape index (κ1) is 13.7. The predicted octanol–water partition coefficient (Wildman–Crippen LogP) is 2.38. The van der Waals surface area contributed by atoms with Gasteiger partial charge in [0.1, 0.15) is 5.54 Å². The lowest BCUT2D eigenvalue weighted by atomic mass is 9.88. The van der Waals surface area contributed by atoms with Gasteiger partial charge in [-0.2, -0.15) is 0 Å². The van der Waals surface area contributed by atoms with Crippen LogP contribution in [0.5, 0.6) is 0 Å². The molecule has 0 bridgehead atoms. The standard InChI is InChI=1S/C14H21NO2/c1-5-10-15-14(3,13(16)17-4)12-9-7-6-8-11(12)2/h6-9,15H,5,10H2,1-4H3. The molecule has 0 saturated carbocycles. The first-order chi connectivity index (χ1) is 8.06. The van der Waals surface area contributed by atoms with Crippen molar-refractivity contribution in [2.24, 2.45) is 0 Å². The van der Waals surface area contributed by atoms with Gasteiger partial charge < -0.3 is 4.74 Å². The molecule has 0 aromatic heterocycles. The molecule has 1 aromatic rings. The molecule has 0 aliphatic carbocycles. The van der Waals surface area contributed by atoms with E-state index in [-0.39, 0.29) is 5.97 Å². The van der Waals surface area contributed by atoms with E-state index in [0.29, 0.717) is 0 Å². The second-order valence-corrected chi connectivity index (χ2v) is 4.36. The Morgan fingerprint density at radius 1 is 1.41 bits per heavy atom. The summed E-state index contributed by atoms with van der Waals surface area (Å²) < 4.78 is 4.92. The van der Waals surface area contributed by atoms with Crippen LogP contribution in [0.25, 0.3) is 0 Å². The average Bonchev–Trinajstić information content (AvgIpc) is 2.35. The topological polar surface area (TPSA) is 38.3 Å². The molecular formula is C14H21NO2. The van der Waals surface area contributed by atoms with E-state index < -0.39 is 5.54 Å². The van der Waals surface area contributed by atoms with Crippen LogP contribution in [0.4, 0.5) is 0 Å². The van der Waals surface area contributed by atoms with E-state index in [4.69, 9.17) is 4.74 Å². The van der Waals surface area contributed by atoms with Gasteiger partial charge in [0, 0.05) is 0 Å². The molecule has 0 radical (unpaired) electrons. The number of ether oxygens (including phenoxy) is 1. The molecule has 17 heavy (non-hydrogen) atoms. The average molecular weight is 235 g/mol. The van der Waals surface area contributed by atoms with Crippen LogP contribution in [0.2, 0.25) is 0 Å². The maximum Gasteiger partial charge on any atom is 0.330 e. The fourth-order valence-corrected chi connectivity index (χ4v) is 1.99. The number of aryl methyl sites for hydroxylation is 1. The van der Waals surface area contributed by atoms with Crippen molar-refractivity contribution in [1.82, 2.24) is 5.32 Å². The van der Waals surface area contributed by atoms with Crippen molar-refractivity contribution in [3.8, 4) is 0 Å².